The fraction of sp³-hybridized carbons (Fsp3) is 0.875. The van der Waals surface area contributed by atoms with E-state index in [9.17, 15) is 0 Å². The first-order valence-electron chi connectivity index (χ1n) is 8.33. The number of hydrogen-bond donors (Lipinski definition) is 1. The summed E-state index contributed by atoms with van der Waals surface area (Å²) in [7, 11) is 0. The summed E-state index contributed by atoms with van der Waals surface area (Å²) in [6.45, 7) is 4.27. The van der Waals surface area contributed by atoms with Gasteiger partial charge in [0.2, 0.25) is 0 Å². The molecule has 1 aromatic rings. The molecule has 4 aliphatic carbocycles. The second-order valence-corrected chi connectivity index (χ2v) is 7.51. The number of hydrogen-bond acceptors (Lipinski definition) is 3. The van der Waals surface area contributed by atoms with E-state index in [1.54, 1.807) is 6.33 Å². The quantitative estimate of drug-likeness (QED) is 0.897. The van der Waals surface area contributed by atoms with Crippen LogP contribution in [0.5, 0.6) is 0 Å². The standard InChI is InChI=1S/C16H26N4/c1-2-18-15(9-20-11-17-10-19-20)16-6-12-3-13(7-16)5-14(4-12)8-16/h10-15,18H,2-9H2,1H3. The highest BCUT2D eigenvalue weighted by atomic mass is 15.3. The second-order valence-electron chi connectivity index (χ2n) is 7.51. The minimum Gasteiger partial charge on any atom is -0.312 e. The number of aromatic nitrogens is 3. The highest BCUT2D eigenvalue weighted by molar-refractivity contribution is 5.06. The van der Waals surface area contributed by atoms with E-state index in [4.69, 9.17) is 0 Å². The summed E-state index contributed by atoms with van der Waals surface area (Å²) < 4.78 is 2.02. The van der Waals surface area contributed by atoms with E-state index in [0.29, 0.717) is 11.5 Å². The van der Waals surface area contributed by atoms with Gasteiger partial charge in [-0.25, -0.2) is 4.98 Å². The van der Waals surface area contributed by atoms with Gasteiger partial charge in [-0.1, -0.05) is 6.92 Å². The first-order valence-corrected chi connectivity index (χ1v) is 8.33. The molecule has 0 spiro atoms. The van der Waals surface area contributed by atoms with Crippen molar-refractivity contribution in [1.29, 1.82) is 0 Å². The Morgan fingerprint density at radius 2 is 1.85 bits per heavy atom. The molecule has 4 aliphatic rings. The maximum absolute atomic E-state index is 4.33. The van der Waals surface area contributed by atoms with Gasteiger partial charge in [0, 0.05) is 6.04 Å². The lowest BCUT2D eigenvalue weighted by molar-refractivity contribution is -0.0769. The Kier molecular flexibility index (Phi) is 3.09. The third kappa shape index (κ3) is 2.09. The van der Waals surface area contributed by atoms with Crippen molar-refractivity contribution in [2.24, 2.45) is 23.2 Å². The third-order valence-corrected chi connectivity index (χ3v) is 6.11. The minimum atomic E-state index is 0.538. The second kappa shape index (κ2) is 4.83. The van der Waals surface area contributed by atoms with Gasteiger partial charge in [-0.3, -0.25) is 4.68 Å². The highest BCUT2D eigenvalue weighted by Gasteiger charge is 2.53. The van der Waals surface area contributed by atoms with Crippen LogP contribution >= 0.6 is 0 Å². The number of rotatable bonds is 5. The van der Waals surface area contributed by atoms with Crippen LogP contribution in [-0.4, -0.2) is 27.4 Å². The topological polar surface area (TPSA) is 42.7 Å². The van der Waals surface area contributed by atoms with Crippen molar-refractivity contribution in [3.05, 3.63) is 12.7 Å². The van der Waals surface area contributed by atoms with Crippen molar-refractivity contribution < 1.29 is 0 Å². The van der Waals surface area contributed by atoms with Gasteiger partial charge < -0.3 is 5.32 Å². The van der Waals surface area contributed by atoms with E-state index in [0.717, 1.165) is 30.8 Å². The van der Waals surface area contributed by atoms with Crippen LogP contribution in [0.15, 0.2) is 12.7 Å². The maximum atomic E-state index is 4.33. The van der Waals surface area contributed by atoms with Crippen LogP contribution in [0.1, 0.15) is 45.4 Å². The Morgan fingerprint density at radius 3 is 2.35 bits per heavy atom. The zero-order chi connectivity index (χ0) is 13.6. The zero-order valence-electron chi connectivity index (χ0n) is 12.5. The fourth-order valence-electron chi connectivity index (χ4n) is 5.84. The van der Waals surface area contributed by atoms with Gasteiger partial charge in [0.05, 0.1) is 6.54 Å². The molecule has 0 aliphatic heterocycles. The molecule has 1 aromatic heterocycles. The lowest BCUT2D eigenvalue weighted by Crippen LogP contribution is -2.57. The van der Waals surface area contributed by atoms with E-state index < -0.39 is 0 Å². The molecule has 4 bridgehead atoms. The van der Waals surface area contributed by atoms with Crippen LogP contribution in [0.4, 0.5) is 0 Å². The van der Waals surface area contributed by atoms with Crippen molar-refractivity contribution in [3.63, 3.8) is 0 Å². The van der Waals surface area contributed by atoms with Crippen LogP contribution in [0.3, 0.4) is 0 Å². The van der Waals surface area contributed by atoms with Crippen LogP contribution in [0.25, 0.3) is 0 Å². The summed E-state index contributed by atoms with van der Waals surface area (Å²) >= 11 is 0. The monoisotopic (exact) mass is 274 g/mol. The van der Waals surface area contributed by atoms with Gasteiger partial charge in [-0.05, 0) is 68.2 Å². The smallest absolute Gasteiger partial charge is 0.137 e. The van der Waals surface area contributed by atoms with Crippen molar-refractivity contribution in [1.82, 2.24) is 20.1 Å². The maximum Gasteiger partial charge on any atom is 0.137 e. The van der Waals surface area contributed by atoms with Crippen LogP contribution in [0.2, 0.25) is 0 Å². The SMILES string of the molecule is CCNC(Cn1cncn1)C12CC3CC(CC(C3)C1)C2. The number of likely N-dealkylation sites (N-methyl/N-ethyl adjacent to an activating group) is 1. The van der Waals surface area contributed by atoms with Crippen molar-refractivity contribution in [2.75, 3.05) is 6.54 Å². The number of nitrogens with zero attached hydrogens (tertiary/aromatic N) is 3. The van der Waals surface area contributed by atoms with Crippen LogP contribution in [0, 0.1) is 23.2 Å². The van der Waals surface area contributed by atoms with E-state index in [2.05, 4.69) is 22.3 Å². The highest BCUT2D eigenvalue weighted by Crippen LogP contribution is 2.61. The molecule has 0 aromatic carbocycles. The molecule has 1 atom stereocenters. The van der Waals surface area contributed by atoms with Crippen LogP contribution < -0.4 is 5.32 Å². The minimum absolute atomic E-state index is 0.538. The predicted octanol–water partition coefficient (Wildman–Crippen LogP) is 2.47. The van der Waals surface area contributed by atoms with E-state index in [-0.39, 0.29) is 0 Å². The van der Waals surface area contributed by atoms with Gasteiger partial charge in [0.25, 0.3) is 0 Å². The molecule has 110 valence electrons. The summed E-state index contributed by atoms with van der Waals surface area (Å²) in [6.07, 6.45) is 12.4. The molecular formula is C16H26N4. The Hall–Kier alpha value is -0.900. The van der Waals surface area contributed by atoms with Gasteiger partial charge in [0.15, 0.2) is 0 Å². The average molecular weight is 274 g/mol. The van der Waals surface area contributed by atoms with Crippen molar-refractivity contribution in [2.45, 2.75) is 58.0 Å². The fourth-order valence-corrected chi connectivity index (χ4v) is 5.84. The molecule has 0 radical (unpaired) electrons. The molecule has 20 heavy (non-hydrogen) atoms. The van der Waals surface area contributed by atoms with E-state index in [1.807, 2.05) is 11.0 Å². The van der Waals surface area contributed by atoms with Crippen molar-refractivity contribution in [3.8, 4) is 0 Å². The molecule has 4 fully saturated rings. The Bertz CT molecular complexity index is 418. The molecular weight excluding hydrogens is 248 g/mol. The van der Waals surface area contributed by atoms with Crippen molar-refractivity contribution >= 4 is 0 Å². The molecule has 5 rings (SSSR count). The normalized spacial score (nSPS) is 40.1. The van der Waals surface area contributed by atoms with E-state index >= 15 is 0 Å². The Labute approximate surface area is 121 Å². The third-order valence-electron chi connectivity index (χ3n) is 6.11. The molecule has 1 N–H and O–H groups in total. The van der Waals surface area contributed by atoms with E-state index in [1.165, 1.54) is 38.5 Å². The van der Waals surface area contributed by atoms with Gasteiger partial charge in [-0.15, -0.1) is 0 Å². The van der Waals surface area contributed by atoms with Gasteiger partial charge >= 0.3 is 0 Å². The summed E-state index contributed by atoms with van der Waals surface area (Å²) in [5.41, 5.74) is 0.538. The Balaban J connectivity index is 1.58. The molecule has 4 saturated carbocycles. The lowest BCUT2D eigenvalue weighted by atomic mass is 9.47. The summed E-state index contributed by atoms with van der Waals surface area (Å²) in [5, 5.41) is 8.12. The summed E-state index contributed by atoms with van der Waals surface area (Å²) in [6, 6.07) is 0.572. The molecule has 0 saturated heterocycles. The zero-order valence-corrected chi connectivity index (χ0v) is 12.5. The summed E-state index contributed by atoms with van der Waals surface area (Å²) in [5.74, 6) is 3.04. The average Bonchev–Trinajstić information content (AvgIpc) is 2.89. The molecule has 0 amide bonds. The predicted molar refractivity (Wildman–Crippen MR) is 78.1 cm³/mol. The molecule has 4 nitrogen and oxygen atoms in total. The summed E-state index contributed by atoms with van der Waals surface area (Å²) in [4.78, 5) is 4.11. The first-order chi connectivity index (χ1) is 9.77. The first kappa shape index (κ1) is 12.8. The van der Waals surface area contributed by atoms with Gasteiger partial charge in [0.1, 0.15) is 12.7 Å². The molecule has 1 unspecified atom stereocenters. The number of nitrogens with one attached hydrogen (secondary N) is 1. The van der Waals surface area contributed by atoms with Crippen LogP contribution in [-0.2, 0) is 6.54 Å². The molecule has 4 heteroatoms. The lowest BCUT2D eigenvalue weighted by Gasteiger charge is -2.59. The largest absolute Gasteiger partial charge is 0.312 e. The molecule has 1 heterocycles. The Morgan fingerprint density at radius 1 is 1.20 bits per heavy atom. The van der Waals surface area contributed by atoms with Gasteiger partial charge in [-0.2, -0.15) is 5.10 Å².